The van der Waals surface area contributed by atoms with Gasteiger partial charge in [0.15, 0.2) is 0 Å². The molecule has 0 saturated heterocycles. The van der Waals surface area contributed by atoms with Gasteiger partial charge in [-0.2, -0.15) is 0 Å². The van der Waals surface area contributed by atoms with E-state index in [1.807, 2.05) is 6.07 Å². The highest BCUT2D eigenvalue weighted by Gasteiger charge is 2.28. The zero-order chi connectivity index (χ0) is 13.5. The number of fused-ring (bicyclic) bond motifs is 1. The molecule has 0 amide bonds. The van der Waals surface area contributed by atoms with Gasteiger partial charge in [-0.1, -0.05) is 24.3 Å². The highest BCUT2D eigenvalue weighted by atomic mass is 15.0. The first-order chi connectivity index (χ1) is 9.79. The number of rotatable bonds is 2. The number of nitrogen functional groups attached to an aromatic ring is 1. The molecule has 0 bridgehead atoms. The van der Waals surface area contributed by atoms with E-state index in [1.54, 1.807) is 0 Å². The van der Waals surface area contributed by atoms with Gasteiger partial charge in [-0.3, -0.25) is 0 Å². The maximum absolute atomic E-state index is 5.98. The molecule has 3 nitrogen and oxygen atoms in total. The number of nitrogens with two attached hydrogens (primary N) is 1. The number of benzene rings is 1. The lowest BCUT2D eigenvalue weighted by Crippen LogP contribution is -2.16. The molecule has 102 valence electrons. The van der Waals surface area contributed by atoms with E-state index in [9.17, 15) is 0 Å². The Hall–Kier alpha value is -1.90. The van der Waals surface area contributed by atoms with Gasteiger partial charge in [0, 0.05) is 23.6 Å². The van der Waals surface area contributed by atoms with Crippen LogP contribution in [-0.2, 0) is 12.8 Å². The Morgan fingerprint density at radius 2 is 1.75 bits per heavy atom. The third-order valence-corrected chi connectivity index (χ3v) is 4.49. The molecule has 1 atom stereocenters. The Bertz CT molecular complexity index is 646. The SMILES string of the molecule is Nc1cc(C2CC2)nc(C2CCc3ccccc3C2)n1. The molecule has 20 heavy (non-hydrogen) atoms. The maximum Gasteiger partial charge on any atom is 0.134 e. The number of anilines is 1. The normalized spacial score (nSPS) is 21.5. The molecule has 2 aliphatic carbocycles. The minimum Gasteiger partial charge on any atom is -0.384 e. The van der Waals surface area contributed by atoms with E-state index in [-0.39, 0.29) is 0 Å². The van der Waals surface area contributed by atoms with E-state index >= 15 is 0 Å². The summed E-state index contributed by atoms with van der Waals surface area (Å²) in [5.74, 6) is 2.65. The van der Waals surface area contributed by atoms with Crippen molar-refractivity contribution in [2.75, 3.05) is 5.73 Å². The fourth-order valence-corrected chi connectivity index (χ4v) is 3.19. The highest BCUT2D eigenvalue weighted by Crippen LogP contribution is 2.40. The van der Waals surface area contributed by atoms with Gasteiger partial charge in [0.2, 0.25) is 0 Å². The van der Waals surface area contributed by atoms with Crippen LogP contribution in [0.4, 0.5) is 5.82 Å². The van der Waals surface area contributed by atoms with Gasteiger partial charge in [-0.15, -0.1) is 0 Å². The zero-order valence-electron chi connectivity index (χ0n) is 11.5. The number of hydrogen-bond donors (Lipinski definition) is 1. The Balaban J connectivity index is 1.65. The van der Waals surface area contributed by atoms with E-state index in [4.69, 9.17) is 10.7 Å². The summed E-state index contributed by atoms with van der Waals surface area (Å²) < 4.78 is 0. The van der Waals surface area contributed by atoms with Gasteiger partial charge in [0.1, 0.15) is 11.6 Å². The van der Waals surface area contributed by atoms with Crippen LogP contribution in [0.1, 0.15) is 53.7 Å². The monoisotopic (exact) mass is 265 g/mol. The molecule has 0 spiro atoms. The molecule has 2 aromatic rings. The summed E-state index contributed by atoms with van der Waals surface area (Å²) in [6.07, 6.45) is 5.80. The Morgan fingerprint density at radius 1 is 0.950 bits per heavy atom. The molecule has 0 radical (unpaired) electrons. The lowest BCUT2D eigenvalue weighted by atomic mass is 9.83. The topological polar surface area (TPSA) is 51.8 Å². The summed E-state index contributed by atoms with van der Waals surface area (Å²) in [6, 6.07) is 10.7. The summed E-state index contributed by atoms with van der Waals surface area (Å²) in [5, 5.41) is 0. The molecule has 1 saturated carbocycles. The molecule has 2 N–H and O–H groups in total. The third kappa shape index (κ3) is 2.17. The Morgan fingerprint density at radius 3 is 2.55 bits per heavy atom. The van der Waals surface area contributed by atoms with Gasteiger partial charge < -0.3 is 5.73 Å². The molecule has 3 heteroatoms. The zero-order valence-corrected chi connectivity index (χ0v) is 11.5. The fourth-order valence-electron chi connectivity index (χ4n) is 3.19. The standard InChI is InChI=1S/C17H19N3/c18-16-10-15(12-6-7-12)19-17(20-16)14-8-5-11-3-1-2-4-13(11)9-14/h1-4,10,12,14H,5-9H2,(H2,18,19,20). The number of hydrogen-bond acceptors (Lipinski definition) is 3. The summed E-state index contributed by atoms with van der Waals surface area (Å²) in [4.78, 5) is 9.31. The van der Waals surface area contributed by atoms with Gasteiger partial charge >= 0.3 is 0 Å². The fraction of sp³-hybridized carbons (Fsp3) is 0.412. The predicted octanol–water partition coefficient (Wildman–Crippen LogP) is 3.21. The minimum absolute atomic E-state index is 0.422. The summed E-state index contributed by atoms with van der Waals surface area (Å²) in [5.41, 5.74) is 10.1. The van der Waals surface area contributed by atoms with E-state index in [2.05, 4.69) is 29.2 Å². The van der Waals surface area contributed by atoms with E-state index in [1.165, 1.54) is 24.0 Å². The van der Waals surface area contributed by atoms with Crippen molar-refractivity contribution < 1.29 is 0 Å². The van der Waals surface area contributed by atoms with Crippen molar-refractivity contribution in [2.45, 2.75) is 43.9 Å². The Kier molecular flexibility index (Phi) is 2.72. The van der Waals surface area contributed by atoms with Crippen molar-refractivity contribution in [3.05, 3.63) is 53.0 Å². The number of aryl methyl sites for hydroxylation is 1. The van der Waals surface area contributed by atoms with Crippen LogP contribution >= 0.6 is 0 Å². The van der Waals surface area contributed by atoms with E-state index in [0.29, 0.717) is 17.7 Å². The Labute approximate surface area is 119 Å². The summed E-state index contributed by atoms with van der Waals surface area (Å²) >= 11 is 0. The van der Waals surface area contributed by atoms with Crippen molar-refractivity contribution in [1.82, 2.24) is 9.97 Å². The minimum atomic E-state index is 0.422. The first-order valence-electron chi connectivity index (χ1n) is 7.51. The van der Waals surface area contributed by atoms with Crippen molar-refractivity contribution in [2.24, 2.45) is 0 Å². The van der Waals surface area contributed by atoms with Gasteiger partial charge in [-0.05, 0) is 43.2 Å². The highest BCUT2D eigenvalue weighted by molar-refractivity contribution is 5.36. The molecule has 4 rings (SSSR count). The molecule has 1 unspecified atom stereocenters. The van der Waals surface area contributed by atoms with Crippen molar-refractivity contribution in [3.63, 3.8) is 0 Å². The van der Waals surface area contributed by atoms with Crippen LogP contribution < -0.4 is 5.73 Å². The third-order valence-electron chi connectivity index (χ3n) is 4.49. The number of nitrogens with zero attached hydrogens (tertiary/aromatic N) is 2. The van der Waals surface area contributed by atoms with Gasteiger partial charge in [0.25, 0.3) is 0 Å². The molecule has 1 aromatic heterocycles. The summed E-state index contributed by atoms with van der Waals surface area (Å²) in [7, 11) is 0. The lowest BCUT2D eigenvalue weighted by Gasteiger charge is -2.23. The smallest absolute Gasteiger partial charge is 0.134 e. The molecule has 2 aliphatic rings. The largest absolute Gasteiger partial charge is 0.384 e. The van der Waals surface area contributed by atoms with Gasteiger partial charge in [-0.25, -0.2) is 9.97 Å². The second kappa shape index (κ2) is 4.58. The van der Waals surface area contributed by atoms with Gasteiger partial charge in [0.05, 0.1) is 0 Å². The van der Waals surface area contributed by atoms with Crippen LogP contribution in [0, 0.1) is 0 Å². The molecular formula is C17H19N3. The molecule has 1 heterocycles. The molecule has 1 aromatic carbocycles. The lowest BCUT2D eigenvalue weighted by molar-refractivity contribution is 0.553. The van der Waals surface area contributed by atoms with Crippen LogP contribution in [0.5, 0.6) is 0 Å². The van der Waals surface area contributed by atoms with Crippen LogP contribution in [0.15, 0.2) is 30.3 Å². The van der Waals surface area contributed by atoms with Crippen LogP contribution in [-0.4, -0.2) is 9.97 Å². The van der Waals surface area contributed by atoms with Crippen molar-refractivity contribution in [3.8, 4) is 0 Å². The second-order valence-corrected chi connectivity index (χ2v) is 6.06. The molecular weight excluding hydrogens is 246 g/mol. The average Bonchev–Trinajstić information content (AvgIpc) is 3.31. The van der Waals surface area contributed by atoms with E-state index in [0.717, 1.165) is 30.8 Å². The second-order valence-electron chi connectivity index (χ2n) is 6.06. The quantitative estimate of drug-likeness (QED) is 0.907. The van der Waals surface area contributed by atoms with Crippen LogP contribution in [0.2, 0.25) is 0 Å². The van der Waals surface area contributed by atoms with Crippen LogP contribution in [0.25, 0.3) is 0 Å². The van der Waals surface area contributed by atoms with Crippen LogP contribution in [0.3, 0.4) is 0 Å². The van der Waals surface area contributed by atoms with E-state index < -0.39 is 0 Å². The number of aromatic nitrogens is 2. The molecule has 1 fully saturated rings. The predicted molar refractivity (Wildman–Crippen MR) is 79.6 cm³/mol. The van der Waals surface area contributed by atoms with Crippen molar-refractivity contribution >= 4 is 5.82 Å². The first-order valence-corrected chi connectivity index (χ1v) is 7.51. The maximum atomic E-state index is 5.98. The average molecular weight is 265 g/mol. The summed E-state index contributed by atoms with van der Waals surface area (Å²) in [6.45, 7) is 0. The molecule has 0 aliphatic heterocycles. The van der Waals surface area contributed by atoms with Crippen molar-refractivity contribution in [1.29, 1.82) is 0 Å². The first kappa shape index (κ1) is 11.9.